The predicted molar refractivity (Wildman–Crippen MR) is 87.0 cm³/mol. The lowest BCUT2D eigenvalue weighted by atomic mass is 10.2. The van der Waals surface area contributed by atoms with Crippen LogP contribution in [0.15, 0.2) is 18.3 Å². The lowest BCUT2D eigenvalue weighted by Crippen LogP contribution is -2.37. The molecule has 130 valence electrons. The summed E-state index contributed by atoms with van der Waals surface area (Å²) in [6.07, 6.45) is 1.83. The number of carbonyl (C=O) groups is 1. The van der Waals surface area contributed by atoms with Gasteiger partial charge in [-0.3, -0.25) is 14.3 Å². The van der Waals surface area contributed by atoms with Gasteiger partial charge in [-0.15, -0.1) is 0 Å². The van der Waals surface area contributed by atoms with Crippen LogP contribution in [0.4, 0.5) is 4.79 Å². The van der Waals surface area contributed by atoms with Gasteiger partial charge >= 0.3 is 6.03 Å². The van der Waals surface area contributed by atoms with Gasteiger partial charge in [0, 0.05) is 46.0 Å². The van der Waals surface area contributed by atoms with Crippen molar-refractivity contribution in [2.75, 3.05) is 19.6 Å². The van der Waals surface area contributed by atoms with Crippen molar-refractivity contribution in [2.24, 2.45) is 12.8 Å². The number of amides is 2. The molecule has 1 aliphatic rings. The minimum Gasteiger partial charge on any atom is -0.380 e. The maximum Gasteiger partial charge on any atom is 0.312 e. The Morgan fingerprint density at radius 3 is 3.04 bits per heavy atom. The molecule has 4 N–H and O–H groups in total. The molecule has 3 rings (SSSR count). The third-order valence-electron chi connectivity index (χ3n) is 4.26. The molecule has 2 aromatic heterocycles. The molecule has 1 unspecified atom stereocenters. The molecule has 2 amide bonds. The quantitative estimate of drug-likeness (QED) is 0.687. The summed E-state index contributed by atoms with van der Waals surface area (Å²) in [7, 11) is 1.80. The summed E-state index contributed by atoms with van der Waals surface area (Å²) in [5.74, 6) is 0. The zero-order chi connectivity index (χ0) is 17.1. The van der Waals surface area contributed by atoms with Crippen molar-refractivity contribution in [1.82, 2.24) is 29.8 Å². The lowest BCUT2D eigenvalue weighted by Gasteiger charge is -2.19. The van der Waals surface area contributed by atoms with Crippen molar-refractivity contribution < 1.29 is 9.90 Å². The van der Waals surface area contributed by atoms with E-state index in [-0.39, 0.29) is 0 Å². The van der Waals surface area contributed by atoms with Crippen LogP contribution in [0.25, 0.3) is 0 Å². The molecule has 0 saturated heterocycles. The van der Waals surface area contributed by atoms with E-state index >= 15 is 0 Å². The van der Waals surface area contributed by atoms with E-state index in [0.717, 1.165) is 38.3 Å². The number of nitrogens with zero attached hydrogens (tertiary/aromatic N) is 5. The second-order valence-corrected chi connectivity index (χ2v) is 5.99. The zero-order valence-electron chi connectivity index (χ0n) is 13.7. The van der Waals surface area contributed by atoms with Crippen molar-refractivity contribution in [3.05, 3.63) is 35.4 Å². The van der Waals surface area contributed by atoms with Crippen molar-refractivity contribution >= 4 is 6.03 Å². The minimum atomic E-state index is -0.790. The number of hydrogen-bond donors (Lipinski definition) is 3. The Bertz CT molecular complexity index is 708. The van der Waals surface area contributed by atoms with E-state index in [1.54, 1.807) is 24.0 Å². The van der Waals surface area contributed by atoms with Crippen LogP contribution >= 0.6 is 0 Å². The molecule has 1 atom stereocenters. The van der Waals surface area contributed by atoms with Crippen molar-refractivity contribution in [3.63, 3.8) is 0 Å². The summed E-state index contributed by atoms with van der Waals surface area (Å²) >= 11 is 0. The minimum absolute atomic E-state index is 0.503. The van der Waals surface area contributed by atoms with Crippen LogP contribution < -0.4 is 11.1 Å². The third kappa shape index (κ3) is 3.57. The van der Waals surface area contributed by atoms with Crippen molar-refractivity contribution in [3.8, 4) is 0 Å². The Balaban J connectivity index is 1.70. The Morgan fingerprint density at radius 1 is 1.50 bits per heavy atom. The first kappa shape index (κ1) is 16.5. The fraction of sp³-hybridized carbons (Fsp3) is 0.533. The van der Waals surface area contributed by atoms with Crippen molar-refractivity contribution in [1.29, 1.82) is 0 Å². The molecule has 3 heterocycles. The normalized spacial score (nSPS) is 16.4. The number of nitrogens with two attached hydrogens (primary N) is 1. The molecule has 0 aromatic carbocycles. The van der Waals surface area contributed by atoms with Crippen LogP contribution in [-0.4, -0.2) is 55.2 Å². The van der Waals surface area contributed by atoms with E-state index < -0.39 is 12.1 Å². The number of fused-ring (bicyclic) bond motifs is 1. The highest BCUT2D eigenvalue weighted by Gasteiger charge is 2.22. The molecule has 0 spiro atoms. The zero-order valence-corrected chi connectivity index (χ0v) is 13.7. The van der Waals surface area contributed by atoms with Gasteiger partial charge in [-0.2, -0.15) is 10.2 Å². The first-order valence-electron chi connectivity index (χ1n) is 8.03. The summed E-state index contributed by atoms with van der Waals surface area (Å²) in [5.41, 5.74) is 7.50. The molecule has 0 radical (unpaired) electrons. The number of aromatic nitrogens is 4. The van der Waals surface area contributed by atoms with Crippen molar-refractivity contribution in [2.45, 2.75) is 25.6 Å². The van der Waals surface area contributed by atoms with Gasteiger partial charge in [0.25, 0.3) is 0 Å². The second-order valence-electron chi connectivity index (χ2n) is 5.99. The first-order chi connectivity index (χ1) is 11.5. The average molecular weight is 333 g/mol. The Hall–Kier alpha value is -2.39. The van der Waals surface area contributed by atoms with Crippen LogP contribution in [0, 0.1) is 0 Å². The van der Waals surface area contributed by atoms with E-state index in [0.29, 0.717) is 17.9 Å². The predicted octanol–water partition coefficient (Wildman–Crippen LogP) is -0.428. The highest BCUT2D eigenvalue weighted by Crippen LogP contribution is 2.23. The topological polar surface area (TPSA) is 114 Å². The molecule has 2 aromatic rings. The number of aryl methyl sites for hydroxylation is 2. The Morgan fingerprint density at radius 2 is 2.33 bits per heavy atom. The average Bonchev–Trinajstić information content (AvgIpc) is 3.08. The van der Waals surface area contributed by atoms with Crippen LogP contribution in [0.5, 0.6) is 0 Å². The summed E-state index contributed by atoms with van der Waals surface area (Å²) in [5, 5.41) is 21.8. The second kappa shape index (κ2) is 7.02. The van der Waals surface area contributed by atoms with Gasteiger partial charge in [0.2, 0.25) is 0 Å². The summed E-state index contributed by atoms with van der Waals surface area (Å²) < 4.78 is 3.60. The Kier molecular flexibility index (Phi) is 4.81. The standard InChI is InChI=1S/C15H23N7O2/c1-20-13(3-4-18-20)14(23)12-9-11-10-21(8-5-17-15(16)24)6-2-7-22(11)19-12/h3-4,9,14,23H,2,5-8,10H2,1H3,(H3,16,17,24). The first-order valence-corrected chi connectivity index (χ1v) is 8.03. The van der Waals surface area contributed by atoms with E-state index in [2.05, 4.69) is 20.4 Å². The Labute approximate surface area is 140 Å². The third-order valence-corrected chi connectivity index (χ3v) is 4.26. The fourth-order valence-electron chi connectivity index (χ4n) is 3.02. The smallest absolute Gasteiger partial charge is 0.312 e. The van der Waals surface area contributed by atoms with Crippen LogP contribution in [0.3, 0.4) is 0 Å². The number of hydrogen-bond acceptors (Lipinski definition) is 5. The highest BCUT2D eigenvalue weighted by atomic mass is 16.3. The highest BCUT2D eigenvalue weighted by molar-refractivity contribution is 5.71. The van der Waals surface area contributed by atoms with Crippen LogP contribution in [-0.2, 0) is 20.1 Å². The number of rotatable bonds is 5. The largest absolute Gasteiger partial charge is 0.380 e. The number of aliphatic hydroxyl groups is 1. The monoisotopic (exact) mass is 333 g/mol. The van der Waals surface area contributed by atoms with Gasteiger partial charge in [0.15, 0.2) is 0 Å². The number of aliphatic hydroxyl groups excluding tert-OH is 1. The van der Waals surface area contributed by atoms with Gasteiger partial charge in [0.05, 0.1) is 17.1 Å². The molecule has 24 heavy (non-hydrogen) atoms. The molecule has 1 aliphatic heterocycles. The number of urea groups is 1. The molecule has 0 saturated carbocycles. The van der Waals surface area contributed by atoms with Gasteiger partial charge in [0.1, 0.15) is 6.10 Å². The van der Waals surface area contributed by atoms with Crippen LogP contribution in [0.2, 0.25) is 0 Å². The van der Waals surface area contributed by atoms with Gasteiger partial charge in [-0.1, -0.05) is 0 Å². The van der Waals surface area contributed by atoms with Crippen LogP contribution in [0.1, 0.15) is 29.6 Å². The van der Waals surface area contributed by atoms with E-state index in [1.807, 2.05) is 10.7 Å². The van der Waals surface area contributed by atoms with Gasteiger partial charge in [-0.25, -0.2) is 4.79 Å². The van der Waals surface area contributed by atoms with E-state index in [4.69, 9.17) is 5.73 Å². The molecule has 0 fully saturated rings. The molecular weight excluding hydrogens is 310 g/mol. The van der Waals surface area contributed by atoms with Gasteiger partial charge < -0.3 is 16.2 Å². The number of carbonyl (C=O) groups excluding carboxylic acids is 1. The fourth-order valence-corrected chi connectivity index (χ4v) is 3.02. The lowest BCUT2D eigenvalue weighted by molar-refractivity contribution is 0.203. The summed E-state index contributed by atoms with van der Waals surface area (Å²) in [6.45, 7) is 3.73. The molecule has 0 bridgehead atoms. The summed E-state index contributed by atoms with van der Waals surface area (Å²) in [6, 6.07) is 3.23. The maximum absolute atomic E-state index is 10.8. The number of nitrogens with one attached hydrogen (secondary N) is 1. The van der Waals surface area contributed by atoms with E-state index in [9.17, 15) is 9.90 Å². The number of primary amides is 1. The van der Waals surface area contributed by atoms with Gasteiger partial charge in [-0.05, 0) is 18.6 Å². The molecule has 9 heteroatoms. The SMILES string of the molecule is Cn1nccc1C(O)c1cc2n(n1)CCCN(CCNC(N)=O)C2. The molecular formula is C15H23N7O2. The van der Waals surface area contributed by atoms with E-state index in [1.165, 1.54) is 0 Å². The molecule has 9 nitrogen and oxygen atoms in total. The maximum atomic E-state index is 10.8. The summed E-state index contributed by atoms with van der Waals surface area (Å²) in [4.78, 5) is 13.0. The molecule has 0 aliphatic carbocycles.